The van der Waals surface area contributed by atoms with Crippen LogP contribution in [0.1, 0.15) is 56.3 Å². The Kier molecular flexibility index (Phi) is 7.79. The maximum absolute atomic E-state index is 12.2. The fraction of sp³-hybridized carbons (Fsp3) is 0.579. The number of carbonyl (C=O) groups excluding carboxylic acids is 2. The average molecular weight is 397 g/mol. The highest BCUT2D eigenvalue weighted by molar-refractivity contribution is 7.89. The number of likely N-dealkylation sites (tertiary alicyclic amines) is 1. The number of carbonyl (C=O) groups is 2. The van der Waals surface area contributed by atoms with Gasteiger partial charge in [0.15, 0.2) is 6.61 Å². The third kappa shape index (κ3) is 6.32. The highest BCUT2D eigenvalue weighted by atomic mass is 32.2. The Morgan fingerprint density at radius 3 is 2.26 bits per heavy atom. The molecule has 1 atom stereocenters. The molecule has 8 heteroatoms. The van der Waals surface area contributed by atoms with Gasteiger partial charge in [-0.05, 0) is 50.5 Å². The van der Waals surface area contributed by atoms with E-state index in [0.29, 0.717) is 19.5 Å². The summed E-state index contributed by atoms with van der Waals surface area (Å²) in [6.45, 7) is 4.77. The van der Waals surface area contributed by atoms with Crippen LogP contribution in [-0.4, -0.2) is 50.9 Å². The van der Waals surface area contributed by atoms with Crippen molar-refractivity contribution >= 4 is 21.9 Å². The van der Waals surface area contributed by atoms with E-state index in [1.54, 1.807) is 11.8 Å². The van der Waals surface area contributed by atoms with Gasteiger partial charge < -0.3 is 9.64 Å². The summed E-state index contributed by atoms with van der Waals surface area (Å²) >= 11 is 0. The van der Waals surface area contributed by atoms with E-state index < -0.39 is 16.0 Å². The lowest BCUT2D eigenvalue weighted by Gasteiger charge is -2.19. The molecule has 7 nitrogen and oxygen atoms in total. The zero-order valence-electron chi connectivity index (χ0n) is 15.9. The van der Waals surface area contributed by atoms with Gasteiger partial charge in [0.1, 0.15) is 0 Å². The van der Waals surface area contributed by atoms with Crippen LogP contribution in [0.3, 0.4) is 0 Å². The molecule has 1 heterocycles. The quantitative estimate of drug-likeness (QED) is 0.714. The maximum atomic E-state index is 12.2. The normalized spacial score (nSPS) is 16.4. The van der Waals surface area contributed by atoms with E-state index in [4.69, 9.17) is 4.74 Å². The summed E-state index contributed by atoms with van der Waals surface area (Å²) in [7, 11) is -3.62. The van der Waals surface area contributed by atoms with Crippen LogP contribution < -0.4 is 4.72 Å². The standard InChI is InChI=1S/C19H28N2O5S/c1-3-15(2)20-27(24,25)17-10-8-16(9-11-17)19(23)26-14-18(22)21-12-6-4-5-7-13-21/h8-11,15,20H,3-7,12-14H2,1-2H3/t15-/m1/s1. The second-order valence-corrected chi connectivity index (χ2v) is 8.54. The summed E-state index contributed by atoms with van der Waals surface area (Å²) in [5.74, 6) is -0.834. The van der Waals surface area contributed by atoms with E-state index in [-0.39, 0.29) is 29.0 Å². The number of ether oxygens (including phenoxy) is 1. The molecular weight excluding hydrogens is 368 g/mol. The molecule has 1 aromatic carbocycles. The summed E-state index contributed by atoms with van der Waals surface area (Å²) in [6, 6.07) is 5.33. The Balaban J connectivity index is 1.92. The van der Waals surface area contributed by atoms with E-state index in [1.165, 1.54) is 24.3 Å². The average Bonchev–Trinajstić information content (AvgIpc) is 2.95. The van der Waals surface area contributed by atoms with Crippen LogP contribution in [0, 0.1) is 0 Å². The minimum absolute atomic E-state index is 0.0833. The van der Waals surface area contributed by atoms with Gasteiger partial charge in [-0.1, -0.05) is 19.8 Å². The molecule has 1 aliphatic heterocycles. The summed E-state index contributed by atoms with van der Waals surface area (Å²) in [6.07, 6.45) is 4.85. The number of nitrogens with zero attached hydrogens (tertiary/aromatic N) is 1. The molecule has 27 heavy (non-hydrogen) atoms. The first-order chi connectivity index (χ1) is 12.8. The smallest absolute Gasteiger partial charge is 0.338 e. The third-order valence-electron chi connectivity index (χ3n) is 4.65. The van der Waals surface area contributed by atoms with Gasteiger partial charge in [-0.15, -0.1) is 0 Å². The van der Waals surface area contributed by atoms with Crippen LogP contribution in [0.4, 0.5) is 0 Å². The van der Waals surface area contributed by atoms with Crippen LogP contribution in [-0.2, 0) is 19.6 Å². The molecule has 0 radical (unpaired) electrons. The SMILES string of the molecule is CC[C@@H](C)NS(=O)(=O)c1ccc(C(=O)OCC(=O)N2CCCCCC2)cc1. The van der Waals surface area contributed by atoms with Crippen LogP contribution >= 0.6 is 0 Å². The van der Waals surface area contributed by atoms with Gasteiger partial charge in [-0.25, -0.2) is 17.9 Å². The largest absolute Gasteiger partial charge is 0.452 e. The monoisotopic (exact) mass is 396 g/mol. The Labute approximate surface area is 161 Å². The van der Waals surface area contributed by atoms with Crippen LogP contribution in [0.25, 0.3) is 0 Å². The first-order valence-corrected chi connectivity index (χ1v) is 10.9. The molecule has 1 aromatic rings. The van der Waals surface area contributed by atoms with Gasteiger partial charge in [0, 0.05) is 19.1 Å². The van der Waals surface area contributed by atoms with E-state index >= 15 is 0 Å². The number of hydrogen-bond donors (Lipinski definition) is 1. The Morgan fingerprint density at radius 1 is 1.11 bits per heavy atom. The second-order valence-electron chi connectivity index (χ2n) is 6.83. The Morgan fingerprint density at radius 2 is 1.70 bits per heavy atom. The zero-order valence-corrected chi connectivity index (χ0v) is 16.8. The molecule has 0 aliphatic carbocycles. The lowest BCUT2D eigenvalue weighted by atomic mass is 10.2. The molecule has 0 unspecified atom stereocenters. The predicted octanol–water partition coefficient (Wildman–Crippen LogP) is 2.32. The van der Waals surface area contributed by atoms with E-state index in [9.17, 15) is 18.0 Å². The molecule has 1 fully saturated rings. The predicted molar refractivity (Wildman–Crippen MR) is 102 cm³/mol. The van der Waals surface area contributed by atoms with Crippen molar-refractivity contribution in [3.8, 4) is 0 Å². The van der Waals surface area contributed by atoms with Crippen molar-refractivity contribution in [3.05, 3.63) is 29.8 Å². The number of amides is 1. The summed E-state index contributed by atoms with van der Waals surface area (Å²) < 4.78 is 32.1. The highest BCUT2D eigenvalue weighted by Crippen LogP contribution is 2.13. The number of sulfonamides is 1. The van der Waals surface area contributed by atoms with Crippen LogP contribution in [0.15, 0.2) is 29.2 Å². The molecule has 0 spiro atoms. The number of rotatable bonds is 7. The molecule has 0 bridgehead atoms. The minimum Gasteiger partial charge on any atom is -0.452 e. The van der Waals surface area contributed by atoms with E-state index in [1.807, 2.05) is 6.92 Å². The molecule has 1 N–H and O–H groups in total. The number of esters is 1. The lowest BCUT2D eigenvalue weighted by molar-refractivity contribution is -0.134. The fourth-order valence-electron chi connectivity index (χ4n) is 2.81. The molecule has 1 amide bonds. The van der Waals surface area contributed by atoms with Crippen molar-refractivity contribution in [3.63, 3.8) is 0 Å². The van der Waals surface area contributed by atoms with Crippen molar-refractivity contribution in [2.24, 2.45) is 0 Å². The minimum atomic E-state index is -3.62. The highest BCUT2D eigenvalue weighted by Gasteiger charge is 2.19. The Hall–Kier alpha value is -1.93. The van der Waals surface area contributed by atoms with Gasteiger partial charge in [0.25, 0.3) is 5.91 Å². The summed E-state index contributed by atoms with van der Waals surface area (Å²) in [5, 5.41) is 0. The van der Waals surface area contributed by atoms with Crippen molar-refractivity contribution in [2.45, 2.75) is 56.9 Å². The summed E-state index contributed by atoms with van der Waals surface area (Å²) in [5.41, 5.74) is 0.209. The molecule has 0 aromatic heterocycles. The number of hydrogen-bond acceptors (Lipinski definition) is 5. The van der Waals surface area contributed by atoms with Crippen molar-refractivity contribution in [2.75, 3.05) is 19.7 Å². The van der Waals surface area contributed by atoms with Gasteiger partial charge in [-0.2, -0.15) is 0 Å². The molecule has 150 valence electrons. The van der Waals surface area contributed by atoms with E-state index in [2.05, 4.69) is 4.72 Å². The Bertz CT molecular complexity index is 738. The first-order valence-electron chi connectivity index (χ1n) is 9.40. The van der Waals surface area contributed by atoms with E-state index in [0.717, 1.165) is 25.7 Å². The number of benzene rings is 1. The fourth-order valence-corrected chi connectivity index (χ4v) is 4.14. The van der Waals surface area contributed by atoms with Crippen molar-refractivity contribution in [1.29, 1.82) is 0 Å². The zero-order chi connectivity index (χ0) is 19.9. The topological polar surface area (TPSA) is 92.8 Å². The molecule has 0 saturated carbocycles. The summed E-state index contributed by atoms with van der Waals surface area (Å²) in [4.78, 5) is 26.1. The molecule has 1 aliphatic rings. The van der Waals surface area contributed by atoms with Crippen molar-refractivity contribution < 1.29 is 22.7 Å². The van der Waals surface area contributed by atoms with Crippen LogP contribution in [0.2, 0.25) is 0 Å². The van der Waals surface area contributed by atoms with Gasteiger partial charge >= 0.3 is 5.97 Å². The lowest BCUT2D eigenvalue weighted by Crippen LogP contribution is -2.35. The molecular formula is C19H28N2O5S. The van der Waals surface area contributed by atoms with Gasteiger partial charge in [0.2, 0.25) is 10.0 Å². The third-order valence-corrected chi connectivity index (χ3v) is 6.26. The first kappa shape index (κ1) is 21.4. The number of nitrogens with one attached hydrogen (secondary N) is 1. The second kappa shape index (κ2) is 9.85. The van der Waals surface area contributed by atoms with Gasteiger partial charge in [-0.3, -0.25) is 4.79 Å². The maximum Gasteiger partial charge on any atom is 0.338 e. The van der Waals surface area contributed by atoms with Gasteiger partial charge in [0.05, 0.1) is 10.5 Å². The van der Waals surface area contributed by atoms with Crippen LogP contribution in [0.5, 0.6) is 0 Å². The molecule has 2 rings (SSSR count). The van der Waals surface area contributed by atoms with Crippen molar-refractivity contribution in [1.82, 2.24) is 9.62 Å². The molecule has 1 saturated heterocycles.